The van der Waals surface area contributed by atoms with Gasteiger partial charge in [0.15, 0.2) is 0 Å². The van der Waals surface area contributed by atoms with E-state index in [0.29, 0.717) is 12.3 Å². The molecular weight excluding hydrogens is 226 g/mol. The molecule has 1 aromatic heterocycles. The van der Waals surface area contributed by atoms with Gasteiger partial charge in [-0.1, -0.05) is 18.2 Å². The average molecular weight is 241 g/mol. The summed E-state index contributed by atoms with van der Waals surface area (Å²) in [4.78, 5) is 4.09. The van der Waals surface area contributed by atoms with Crippen molar-refractivity contribution in [3.8, 4) is 5.75 Å². The molecule has 3 rings (SSSR count). The maximum absolute atomic E-state index is 6.32. The van der Waals surface area contributed by atoms with Gasteiger partial charge in [0.05, 0.1) is 6.61 Å². The molecule has 0 amide bonds. The van der Waals surface area contributed by atoms with Crippen molar-refractivity contribution in [2.75, 3.05) is 12.3 Å². The topological polar surface area (TPSA) is 74.2 Å². The van der Waals surface area contributed by atoms with Crippen molar-refractivity contribution in [1.82, 2.24) is 4.98 Å². The molecule has 4 heteroatoms. The smallest absolute Gasteiger partial charge is 0.122 e. The van der Waals surface area contributed by atoms with Gasteiger partial charge in [-0.05, 0) is 12.1 Å². The number of hydrogen-bond donors (Lipinski definition) is 2. The van der Waals surface area contributed by atoms with Crippen LogP contribution in [0.3, 0.4) is 0 Å². The van der Waals surface area contributed by atoms with Crippen LogP contribution in [0.1, 0.15) is 23.1 Å². The quantitative estimate of drug-likeness (QED) is 0.841. The molecule has 92 valence electrons. The van der Waals surface area contributed by atoms with Crippen LogP contribution in [0.4, 0.5) is 5.69 Å². The number of aromatic nitrogens is 1. The molecular formula is C14H15N3O. The normalized spacial score (nSPS) is 19.1. The SMILES string of the molecule is Nc1ccncc1C(N)C1COc2ccccc21. The first kappa shape index (κ1) is 11.0. The first-order valence-electron chi connectivity index (χ1n) is 5.94. The molecule has 0 saturated carbocycles. The lowest BCUT2D eigenvalue weighted by atomic mass is 9.89. The fraction of sp³-hybridized carbons (Fsp3) is 0.214. The molecule has 0 fully saturated rings. The first-order chi connectivity index (χ1) is 8.77. The Hall–Kier alpha value is -2.07. The van der Waals surface area contributed by atoms with Crippen LogP contribution < -0.4 is 16.2 Å². The van der Waals surface area contributed by atoms with Crippen LogP contribution in [0.25, 0.3) is 0 Å². The summed E-state index contributed by atoms with van der Waals surface area (Å²) in [6, 6.07) is 9.57. The van der Waals surface area contributed by atoms with Crippen molar-refractivity contribution in [1.29, 1.82) is 0 Å². The minimum Gasteiger partial charge on any atom is -0.493 e. The lowest BCUT2D eigenvalue weighted by Crippen LogP contribution is -2.22. The summed E-state index contributed by atoms with van der Waals surface area (Å²) < 4.78 is 5.65. The molecule has 1 aromatic carbocycles. The molecule has 1 aliphatic rings. The molecule has 4 nitrogen and oxygen atoms in total. The molecule has 2 unspecified atom stereocenters. The number of fused-ring (bicyclic) bond motifs is 1. The summed E-state index contributed by atoms with van der Waals surface area (Å²) in [5.74, 6) is 1.05. The molecule has 0 radical (unpaired) electrons. The van der Waals surface area contributed by atoms with Gasteiger partial charge in [0.2, 0.25) is 0 Å². The van der Waals surface area contributed by atoms with Crippen LogP contribution in [-0.2, 0) is 0 Å². The summed E-state index contributed by atoms with van der Waals surface area (Å²) in [6.45, 7) is 0.592. The highest BCUT2D eigenvalue weighted by Crippen LogP contribution is 2.40. The zero-order chi connectivity index (χ0) is 12.5. The third kappa shape index (κ3) is 1.71. The van der Waals surface area contributed by atoms with Crippen LogP contribution in [0, 0.1) is 0 Å². The van der Waals surface area contributed by atoms with E-state index in [-0.39, 0.29) is 12.0 Å². The maximum atomic E-state index is 6.32. The summed E-state index contributed by atoms with van der Waals surface area (Å²) >= 11 is 0. The van der Waals surface area contributed by atoms with Crippen molar-refractivity contribution in [2.24, 2.45) is 5.73 Å². The second-order valence-electron chi connectivity index (χ2n) is 4.49. The van der Waals surface area contributed by atoms with E-state index in [9.17, 15) is 0 Å². The Bertz CT molecular complexity index is 570. The zero-order valence-electron chi connectivity index (χ0n) is 9.91. The molecule has 2 aromatic rings. The van der Waals surface area contributed by atoms with Crippen LogP contribution in [0.2, 0.25) is 0 Å². The summed E-state index contributed by atoms with van der Waals surface area (Å²) in [5, 5.41) is 0. The standard InChI is InChI=1S/C14H15N3O/c15-12-5-6-17-7-10(12)14(16)11-8-18-13-4-2-1-3-9(11)13/h1-7,11,14H,8,16H2,(H2,15,17). The average Bonchev–Trinajstić information content (AvgIpc) is 2.82. The minimum atomic E-state index is -0.192. The van der Waals surface area contributed by atoms with Crippen molar-refractivity contribution in [3.63, 3.8) is 0 Å². The molecule has 0 bridgehead atoms. The van der Waals surface area contributed by atoms with Gasteiger partial charge in [-0.25, -0.2) is 0 Å². The predicted molar refractivity (Wildman–Crippen MR) is 70.3 cm³/mol. The van der Waals surface area contributed by atoms with Gasteiger partial charge in [0.1, 0.15) is 5.75 Å². The number of ether oxygens (including phenoxy) is 1. The van der Waals surface area contributed by atoms with Crippen molar-refractivity contribution < 1.29 is 4.74 Å². The largest absolute Gasteiger partial charge is 0.493 e. The summed E-state index contributed by atoms with van der Waals surface area (Å²) in [5.41, 5.74) is 15.0. The van der Waals surface area contributed by atoms with E-state index >= 15 is 0 Å². The highest BCUT2D eigenvalue weighted by atomic mass is 16.5. The van der Waals surface area contributed by atoms with Crippen LogP contribution in [0.5, 0.6) is 5.75 Å². The van der Waals surface area contributed by atoms with Crippen LogP contribution in [-0.4, -0.2) is 11.6 Å². The van der Waals surface area contributed by atoms with E-state index in [0.717, 1.165) is 16.9 Å². The van der Waals surface area contributed by atoms with Gasteiger partial charge in [0.25, 0.3) is 0 Å². The monoisotopic (exact) mass is 241 g/mol. The number of nitrogen functional groups attached to an aromatic ring is 1. The Kier molecular flexibility index (Phi) is 2.64. The molecule has 1 aliphatic heterocycles. The van der Waals surface area contributed by atoms with Gasteiger partial charge in [-0.2, -0.15) is 0 Å². The summed E-state index contributed by atoms with van der Waals surface area (Å²) in [6.07, 6.45) is 3.41. The van der Waals surface area contributed by atoms with Crippen molar-refractivity contribution >= 4 is 5.69 Å². The third-order valence-corrected chi connectivity index (χ3v) is 3.42. The summed E-state index contributed by atoms with van der Waals surface area (Å²) in [7, 11) is 0. The van der Waals surface area contributed by atoms with Crippen LogP contribution >= 0.6 is 0 Å². The Morgan fingerprint density at radius 2 is 2.11 bits per heavy atom. The highest BCUT2D eigenvalue weighted by Gasteiger charge is 2.30. The number of nitrogens with zero attached hydrogens (tertiary/aromatic N) is 1. The highest BCUT2D eigenvalue weighted by molar-refractivity contribution is 5.49. The number of hydrogen-bond acceptors (Lipinski definition) is 4. The second-order valence-corrected chi connectivity index (χ2v) is 4.49. The Morgan fingerprint density at radius 3 is 2.94 bits per heavy atom. The lowest BCUT2D eigenvalue weighted by molar-refractivity contribution is 0.315. The molecule has 0 aliphatic carbocycles. The van der Waals surface area contributed by atoms with Gasteiger partial charge < -0.3 is 16.2 Å². The molecule has 2 atom stereocenters. The molecule has 2 heterocycles. The Balaban J connectivity index is 1.96. The van der Waals surface area contributed by atoms with Crippen molar-refractivity contribution in [3.05, 3.63) is 53.9 Å². The fourth-order valence-electron chi connectivity index (χ4n) is 2.40. The Labute approximate surface area is 106 Å². The minimum absolute atomic E-state index is 0.132. The van der Waals surface area contributed by atoms with E-state index in [1.807, 2.05) is 18.2 Å². The van der Waals surface area contributed by atoms with E-state index in [1.54, 1.807) is 18.5 Å². The predicted octanol–water partition coefficient (Wildman–Crippen LogP) is 1.84. The van der Waals surface area contributed by atoms with Gasteiger partial charge in [-0.15, -0.1) is 0 Å². The number of rotatable bonds is 2. The number of nitrogens with two attached hydrogens (primary N) is 2. The molecule has 4 N–H and O–H groups in total. The molecule has 18 heavy (non-hydrogen) atoms. The Morgan fingerprint density at radius 1 is 1.28 bits per heavy atom. The van der Waals surface area contributed by atoms with E-state index in [2.05, 4.69) is 11.1 Å². The maximum Gasteiger partial charge on any atom is 0.122 e. The van der Waals surface area contributed by atoms with Gasteiger partial charge in [-0.3, -0.25) is 4.98 Å². The first-order valence-corrected chi connectivity index (χ1v) is 5.94. The van der Waals surface area contributed by atoms with E-state index in [4.69, 9.17) is 16.2 Å². The van der Waals surface area contributed by atoms with E-state index < -0.39 is 0 Å². The zero-order valence-corrected chi connectivity index (χ0v) is 9.91. The lowest BCUT2D eigenvalue weighted by Gasteiger charge is -2.19. The molecule has 0 spiro atoms. The van der Waals surface area contributed by atoms with Crippen molar-refractivity contribution in [2.45, 2.75) is 12.0 Å². The number of benzene rings is 1. The van der Waals surface area contributed by atoms with Gasteiger partial charge in [0, 0.05) is 41.2 Å². The fourth-order valence-corrected chi connectivity index (χ4v) is 2.40. The molecule has 0 saturated heterocycles. The second kappa shape index (κ2) is 4.31. The number of pyridine rings is 1. The number of para-hydroxylation sites is 1. The van der Waals surface area contributed by atoms with Crippen LogP contribution in [0.15, 0.2) is 42.7 Å². The third-order valence-electron chi connectivity index (χ3n) is 3.42. The number of anilines is 1. The van der Waals surface area contributed by atoms with E-state index in [1.165, 1.54) is 0 Å². The van der Waals surface area contributed by atoms with Gasteiger partial charge >= 0.3 is 0 Å².